The third-order valence-electron chi connectivity index (χ3n) is 1.87. The highest BCUT2D eigenvalue weighted by Crippen LogP contribution is 2.11. The highest BCUT2D eigenvalue weighted by molar-refractivity contribution is 7.09. The van der Waals surface area contributed by atoms with Crippen molar-refractivity contribution >= 4 is 23.1 Å². The van der Waals surface area contributed by atoms with Gasteiger partial charge >= 0.3 is 0 Å². The number of anilines is 2. The van der Waals surface area contributed by atoms with Gasteiger partial charge in [-0.25, -0.2) is 15.8 Å². The van der Waals surface area contributed by atoms with Gasteiger partial charge in [-0.15, -0.1) is 11.3 Å². The monoisotopic (exact) mass is 236 g/mol. The summed E-state index contributed by atoms with van der Waals surface area (Å²) >= 11 is 1.62. The van der Waals surface area contributed by atoms with Gasteiger partial charge in [-0.05, 0) is 13.0 Å². The highest BCUT2D eigenvalue weighted by Gasteiger charge is 2.00. The van der Waals surface area contributed by atoms with Crippen molar-refractivity contribution in [2.45, 2.75) is 13.5 Å². The molecule has 2 aromatic heterocycles. The van der Waals surface area contributed by atoms with E-state index in [1.807, 2.05) is 12.3 Å². The van der Waals surface area contributed by atoms with Crippen molar-refractivity contribution in [3.05, 3.63) is 28.3 Å². The average molecular weight is 236 g/mol. The third kappa shape index (κ3) is 2.65. The SMILES string of the molecule is Cc1csc(CNc2ccnc(NN)n2)n1. The van der Waals surface area contributed by atoms with Crippen LogP contribution in [0.15, 0.2) is 17.6 Å². The number of hydrogen-bond acceptors (Lipinski definition) is 7. The second kappa shape index (κ2) is 4.86. The number of nitrogen functional groups attached to an aromatic ring is 1. The molecule has 7 heteroatoms. The molecule has 0 aromatic carbocycles. The number of nitrogens with two attached hydrogens (primary N) is 1. The fraction of sp³-hybridized carbons (Fsp3) is 0.222. The summed E-state index contributed by atoms with van der Waals surface area (Å²) in [5, 5.41) is 6.19. The van der Waals surface area contributed by atoms with E-state index in [2.05, 4.69) is 25.7 Å². The van der Waals surface area contributed by atoms with Gasteiger partial charge in [0.15, 0.2) is 0 Å². The number of aromatic nitrogens is 3. The maximum absolute atomic E-state index is 5.22. The molecule has 0 spiro atoms. The van der Waals surface area contributed by atoms with Crippen LogP contribution in [0.4, 0.5) is 11.8 Å². The Morgan fingerprint density at radius 2 is 2.31 bits per heavy atom. The highest BCUT2D eigenvalue weighted by atomic mass is 32.1. The molecule has 0 aliphatic carbocycles. The molecule has 0 radical (unpaired) electrons. The maximum atomic E-state index is 5.22. The summed E-state index contributed by atoms with van der Waals surface area (Å²) in [4.78, 5) is 12.4. The van der Waals surface area contributed by atoms with Crippen molar-refractivity contribution in [1.29, 1.82) is 0 Å². The van der Waals surface area contributed by atoms with Crippen LogP contribution in [0.1, 0.15) is 10.7 Å². The van der Waals surface area contributed by atoms with Crippen LogP contribution in [-0.2, 0) is 6.54 Å². The van der Waals surface area contributed by atoms with Crippen LogP contribution in [0, 0.1) is 6.92 Å². The lowest BCUT2D eigenvalue weighted by Gasteiger charge is -2.04. The normalized spacial score (nSPS) is 10.1. The van der Waals surface area contributed by atoms with E-state index in [9.17, 15) is 0 Å². The van der Waals surface area contributed by atoms with Crippen LogP contribution in [0.25, 0.3) is 0 Å². The molecule has 0 aliphatic heterocycles. The minimum Gasteiger partial charge on any atom is -0.363 e. The molecular formula is C9H12N6S. The third-order valence-corrected chi connectivity index (χ3v) is 2.84. The van der Waals surface area contributed by atoms with E-state index in [0.29, 0.717) is 12.5 Å². The molecule has 0 amide bonds. The fourth-order valence-electron chi connectivity index (χ4n) is 1.18. The largest absolute Gasteiger partial charge is 0.363 e. The lowest BCUT2D eigenvalue weighted by Crippen LogP contribution is -2.11. The Morgan fingerprint density at radius 1 is 1.44 bits per heavy atom. The smallest absolute Gasteiger partial charge is 0.239 e. The average Bonchev–Trinajstić information content (AvgIpc) is 2.73. The Hall–Kier alpha value is -1.73. The quantitative estimate of drug-likeness (QED) is 0.545. The van der Waals surface area contributed by atoms with Gasteiger partial charge in [0.05, 0.1) is 6.54 Å². The molecular weight excluding hydrogens is 224 g/mol. The van der Waals surface area contributed by atoms with Crippen molar-refractivity contribution in [2.24, 2.45) is 5.84 Å². The second-order valence-corrected chi connectivity index (χ2v) is 4.09. The molecule has 16 heavy (non-hydrogen) atoms. The first-order valence-corrected chi connectivity index (χ1v) is 5.60. The Labute approximate surface area is 96.9 Å². The summed E-state index contributed by atoms with van der Waals surface area (Å²) in [5.41, 5.74) is 3.43. The molecule has 0 atom stereocenters. The minimum atomic E-state index is 0.389. The summed E-state index contributed by atoms with van der Waals surface area (Å²) in [7, 11) is 0. The number of hydrazine groups is 1. The van der Waals surface area contributed by atoms with Crippen molar-refractivity contribution in [1.82, 2.24) is 15.0 Å². The van der Waals surface area contributed by atoms with E-state index in [0.717, 1.165) is 16.5 Å². The standard InChI is InChI=1S/C9H12N6S/c1-6-5-16-8(13-6)4-12-7-2-3-11-9(14-7)15-10/h2-3,5H,4,10H2,1H3,(H2,11,12,14,15). The molecule has 0 unspecified atom stereocenters. The zero-order valence-electron chi connectivity index (χ0n) is 8.77. The van der Waals surface area contributed by atoms with Crippen LogP contribution >= 0.6 is 11.3 Å². The maximum Gasteiger partial charge on any atom is 0.239 e. The van der Waals surface area contributed by atoms with Gasteiger partial charge in [-0.2, -0.15) is 4.98 Å². The first-order valence-electron chi connectivity index (χ1n) is 4.72. The zero-order chi connectivity index (χ0) is 11.4. The summed E-state index contributed by atoms with van der Waals surface area (Å²) < 4.78 is 0. The Bertz CT molecular complexity index is 469. The van der Waals surface area contributed by atoms with E-state index in [1.165, 1.54) is 0 Å². The topological polar surface area (TPSA) is 88.8 Å². The molecule has 84 valence electrons. The van der Waals surface area contributed by atoms with Crippen LogP contribution in [0.2, 0.25) is 0 Å². The van der Waals surface area contributed by atoms with Crippen LogP contribution < -0.4 is 16.6 Å². The van der Waals surface area contributed by atoms with E-state index in [4.69, 9.17) is 5.84 Å². The second-order valence-electron chi connectivity index (χ2n) is 3.15. The molecule has 2 heterocycles. The first kappa shape index (κ1) is 10.8. The molecule has 0 saturated heterocycles. The number of aryl methyl sites for hydroxylation is 1. The molecule has 0 bridgehead atoms. The lowest BCUT2D eigenvalue weighted by atomic mass is 10.5. The molecule has 2 aromatic rings. The zero-order valence-corrected chi connectivity index (χ0v) is 9.58. The number of nitrogens with zero attached hydrogens (tertiary/aromatic N) is 3. The summed E-state index contributed by atoms with van der Waals surface area (Å²) in [6.45, 7) is 2.63. The number of rotatable bonds is 4. The van der Waals surface area contributed by atoms with Gasteiger partial charge in [0, 0.05) is 17.3 Å². The molecule has 2 rings (SSSR count). The number of hydrogen-bond donors (Lipinski definition) is 3. The van der Waals surface area contributed by atoms with Gasteiger partial charge in [0.25, 0.3) is 0 Å². The van der Waals surface area contributed by atoms with Crippen molar-refractivity contribution in [3.63, 3.8) is 0 Å². The van der Waals surface area contributed by atoms with Gasteiger partial charge < -0.3 is 5.32 Å². The fourth-order valence-corrected chi connectivity index (χ4v) is 1.89. The van der Waals surface area contributed by atoms with Gasteiger partial charge in [0.1, 0.15) is 10.8 Å². The number of thiazole rings is 1. The van der Waals surface area contributed by atoms with Gasteiger partial charge in [-0.1, -0.05) is 0 Å². The first-order chi connectivity index (χ1) is 7.78. The van der Waals surface area contributed by atoms with Crippen molar-refractivity contribution < 1.29 is 0 Å². The Morgan fingerprint density at radius 3 is 3.00 bits per heavy atom. The Balaban J connectivity index is 1.99. The van der Waals surface area contributed by atoms with Gasteiger partial charge in [-0.3, -0.25) is 5.43 Å². The molecule has 6 nitrogen and oxygen atoms in total. The van der Waals surface area contributed by atoms with Gasteiger partial charge in [0.2, 0.25) is 5.95 Å². The molecule has 4 N–H and O–H groups in total. The van der Waals surface area contributed by atoms with E-state index < -0.39 is 0 Å². The minimum absolute atomic E-state index is 0.389. The molecule has 0 fully saturated rings. The predicted molar refractivity (Wildman–Crippen MR) is 64.0 cm³/mol. The molecule has 0 aliphatic rings. The van der Waals surface area contributed by atoms with Crippen molar-refractivity contribution in [2.75, 3.05) is 10.7 Å². The van der Waals surface area contributed by atoms with Crippen molar-refractivity contribution in [3.8, 4) is 0 Å². The number of nitrogens with one attached hydrogen (secondary N) is 2. The lowest BCUT2D eigenvalue weighted by molar-refractivity contribution is 1.04. The van der Waals surface area contributed by atoms with Crippen LogP contribution in [0.5, 0.6) is 0 Å². The molecule has 0 saturated carbocycles. The van der Waals surface area contributed by atoms with Crippen LogP contribution in [-0.4, -0.2) is 15.0 Å². The predicted octanol–water partition coefficient (Wildman–Crippen LogP) is 1.14. The van der Waals surface area contributed by atoms with Crippen LogP contribution in [0.3, 0.4) is 0 Å². The van der Waals surface area contributed by atoms with E-state index in [1.54, 1.807) is 23.6 Å². The van der Waals surface area contributed by atoms with E-state index >= 15 is 0 Å². The summed E-state index contributed by atoms with van der Waals surface area (Å²) in [6.07, 6.45) is 1.64. The summed E-state index contributed by atoms with van der Waals surface area (Å²) in [6, 6.07) is 1.78. The summed E-state index contributed by atoms with van der Waals surface area (Å²) in [5.74, 6) is 6.32. The van der Waals surface area contributed by atoms with E-state index in [-0.39, 0.29) is 0 Å². The Kier molecular flexibility index (Phi) is 3.28.